The van der Waals surface area contributed by atoms with Crippen molar-refractivity contribution in [2.45, 2.75) is 19.4 Å². The molecule has 0 heterocycles. The van der Waals surface area contributed by atoms with Gasteiger partial charge in [0.15, 0.2) is 0 Å². The smallest absolute Gasteiger partial charge is 0.0709 e. The maximum atomic E-state index is 5.50. The van der Waals surface area contributed by atoms with Crippen LogP contribution >= 0.6 is 12.6 Å². The summed E-state index contributed by atoms with van der Waals surface area (Å²) in [6.45, 7) is 3.82. The van der Waals surface area contributed by atoms with E-state index in [9.17, 15) is 0 Å². The van der Waals surface area contributed by atoms with E-state index < -0.39 is 0 Å². The van der Waals surface area contributed by atoms with Gasteiger partial charge in [0.1, 0.15) is 0 Å². The Bertz CT molecular complexity index is 82.2. The second kappa shape index (κ2) is 6.95. The van der Waals surface area contributed by atoms with Crippen LogP contribution in [-0.4, -0.2) is 44.0 Å². The van der Waals surface area contributed by atoms with E-state index >= 15 is 0 Å². The molecule has 0 saturated carbocycles. The lowest BCUT2D eigenvalue weighted by Crippen LogP contribution is -2.28. The summed E-state index contributed by atoms with van der Waals surface area (Å²) in [5.74, 6) is 0.901. The fourth-order valence-corrected chi connectivity index (χ4v) is 1.30. The van der Waals surface area contributed by atoms with E-state index in [1.807, 2.05) is 6.92 Å². The molecule has 0 unspecified atom stereocenters. The van der Waals surface area contributed by atoms with Gasteiger partial charge in [-0.05, 0) is 33.2 Å². The zero-order valence-corrected chi connectivity index (χ0v) is 8.60. The molecule has 0 rings (SSSR count). The van der Waals surface area contributed by atoms with Crippen molar-refractivity contribution in [3.05, 3.63) is 0 Å². The summed E-state index contributed by atoms with van der Waals surface area (Å²) in [5, 5.41) is 0. The van der Waals surface area contributed by atoms with E-state index in [0.717, 1.165) is 25.3 Å². The molecule has 0 saturated heterocycles. The largest absolute Gasteiger partial charge is 0.377 e. The molecule has 0 bridgehead atoms. The Balaban J connectivity index is 3.50. The second-order valence-corrected chi connectivity index (χ2v) is 3.30. The van der Waals surface area contributed by atoms with Gasteiger partial charge >= 0.3 is 0 Å². The molecule has 0 fully saturated rings. The third-order valence-corrected chi connectivity index (χ3v) is 1.68. The van der Waals surface area contributed by atoms with Crippen LogP contribution in [0.25, 0.3) is 0 Å². The van der Waals surface area contributed by atoms with E-state index in [-0.39, 0.29) is 0 Å². The Labute approximate surface area is 75.3 Å². The van der Waals surface area contributed by atoms with E-state index in [4.69, 9.17) is 4.74 Å². The highest BCUT2D eigenvalue weighted by Gasteiger charge is 2.07. The Morgan fingerprint density at radius 1 is 1.45 bits per heavy atom. The number of thiol groups is 1. The molecule has 0 aliphatic heterocycles. The van der Waals surface area contributed by atoms with Gasteiger partial charge < -0.3 is 9.64 Å². The Morgan fingerprint density at radius 2 is 2.09 bits per heavy atom. The number of hydrogen-bond donors (Lipinski definition) is 1. The fourth-order valence-electron chi connectivity index (χ4n) is 1.01. The van der Waals surface area contributed by atoms with Crippen LogP contribution in [-0.2, 0) is 4.74 Å². The Hall–Kier alpha value is 0.270. The van der Waals surface area contributed by atoms with Crippen molar-refractivity contribution in [3.8, 4) is 0 Å². The molecular weight excluding hydrogens is 158 g/mol. The Kier molecular flexibility index (Phi) is 7.12. The zero-order chi connectivity index (χ0) is 8.69. The van der Waals surface area contributed by atoms with Crippen LogP contribution in [0.5, 0.6) is 0 Å². The quantitative estimate of drug-likeness (QED) is 0.614. The molecule has 0 radical (unpaired) electrons. The van der Waals surface area contributed by atoms with E-state index in [0.29, 0.717) is 6.10 Å². The Morgan fingerprint density at radius 3 is 2.45 bits per heavy atom. The number of nitrogens with zero attached hydrogens (tertiary/aromatic N) is 1. The summed E-state index contributed by atoms with van der Waals surface area (Å²) in [4.78, 5) is 2.14. The first-order chi connectivity index (χ1) is 5.20. The highest BCUT2D eigenvalue weighted by Crippen LogP contribution is 2.01. The lowest BCUT2D eigenvalue weighted by molar-refractivity contribution is 0.0428. The maximum Gasteiger partial charge on any atom is 0.0709 e. The first-order valence-corrected chi connectivity index (χ1v) is 4.71. The topological polar surface area (TPSA) is 12.5 Å². The van der Waals surface area contributed by atoms with Crippen LogP contribution in [0.4, 0.5) is 0 Å². The molecule has 0 aliphatic rings. The summed E-state index contributed by atoms with van der Waals surface area (Å²) < 4.78 is 5.50. The summed E-state index contributed by atoms with van der Waals surface area (Å²) in [7, 11) is 4.12. The van der Waals surface area contributed by atoms with Crippen molar-refractivity contribution in [1.82, 2.24) is 4.90 Å². The van der Waals surface area contributed by atoms with Gasteiger partial charge in [-0.3, -0.25) is 0 Å². The average Bonchev–Trinajstić information content (AvgIpc) is 1.87. The molecule has 0 aliphatic carbocycles. The van der Waals surface area contributed by atoms with Crippen LogP contribution < -0.4 is 0 Å². The third kappa shape index (κ3) is 6.66. The van der Waals surface area contributed by atoms with Crippen molar-refractivity contribution >= 4 is 12.6 Å². The van der Waals surface area contributed by atoms with Crippen molar-refractivity contribution < 1.29 is 4.74 Å². The summed E-state index contributed by atoms with van der Waals surface area (Å²) in [6.07, 6.45) is 1.39. The van der Waals surface area contributed by atoms with Crippen molar-refractivity contribution in [2.75, 3.05) is 33.0 Å². The maximum absolute atomic E-state index is 5.50. The molecule has 0 spiro atoms. The summed E-state index contributed by atoms with van der Waals surface area (Å²) in [5.41, 5.74) is 0. The monoisotopic (exact) mass is 177 g/mol. The zero-order valence-electron chi connectivity index (χ0n) is 7.71. The fraction of sp³-hybridized carbons (Fsp3) is 1.00. The molecule has 0 amide bonds. The van der Waals surface area contributed by atoms with Crippen LogP contribution in [0.1, 0.15) is 13.3 Å². The van der Waals surface area contributed by atoms with Crippen molar-refractivity contribution in [2.24, 2.45) is 0 Å². The number of ether oxygens (including phenoxy) is 1. The van der Waals surface area contributed by atoms with E-state index in [2.05, 4.69) is 31.6 Å². The minimum absolute atomic E-state index is 0.354. The molecule has 1 atom stereocenters. The number of likely N-dealkylation sites (N-methyl/N-ethyl adjacent to an activating group) is 1. The summed E-state index contributed by atoms with van der Waals surface area (Å²) in [6, 6.07) is 0. The minimum Gasteiger partial charge on any atom is -0.377 e. The molecule has 0 aromatic carbocycles. The van der Waals surface area contributed by atoms with Crippen LogP contribution in [0.3, 0.4) is 0 Å². The SMILES string of the molecule is CCO[C@@H](CCS)CN(C)C. The van der Waals surface area contributed by atoms with Crippen LogP contribution in [0.15, 0.2) is 0 Å². The first kappa shape index (κ1) is 11.3. The predicted octanol–water partition coefficient (Wildman–Crippen LogP) is 1.27. The molecule has 68 valence electrons. The van der Waals surface area contributed by atoms with Crippen molar-refractivity contribution in [3.63, 3.8) is 0 Å². The molecule has 3 heteroatoms. The standard InChI is InChI=1S/C8H19NOS/c1-4-10-8(5-6-11)7-9(2)3/h8,11H,4-7H2,1-3H3/t8-/m0/s1. The van der Waals surface area contributed by atoms with Gasteiger partial charge in [-0.1, -0.05) is 0 Å². The molecule has 0 N–H and O–H groups in total. The van der Waals surface area contributed by atoms with Crippen molar-refractivity contribution in [1.29, 1.82) is 0 Å². The second-order valence-electron chi connectivity index (χ2n) is 2.85. The number of rotatable bonds is 6. The lowest BCUT2D eigenvalue weighted by atomic mass is 10.2. The highest BCUT2D eigenvalue weighted by atomic mass is 32.1. The van der Waals surface area contributed by atoms with Gasteiger partial charge in [-0.2, -0.15) is 12.6 Å². The average molecular weight is 177 g/mol. The number of hydrogen-bond acceptors (Lipinski definition) is 3. The highest BCUT2D eigenvalue weighted by molar-refractivity contribution is 7.80. The molecule has 11 heavy (non-hydrogen) atoms. The van der Waals surface area contributed by atoms with Crippen LogP contribution in [0, 0.1) is 0 Å². The lowest BCUT2D eigenvalue weighted by Gasteiger charge is -2.19. The minimum atomic E-state index is 0.354. The van der Waals surface area contributed by atoms with Gasteiger partial charge in [-0.25, -0.2) is 0 Å². The van der Waals surface area contributed by atoms with Gasteiger partial charge in [-0.15, -0.1) is 0 Å². The van der Waals surface area contributed by atoms with Gasteiger partial charge in [0.2, 0.25) is 0 Å². The van der Waals surface area contributed by atoms with E-state index in [1.54, 1.807) is 0 Å². The van der Waals surface area contributed by atoms with Gasteiger partial charge in [0.05, 0.1) is 6.10 Å². The summed E-state index contributed by atoms with van der Waals surface area (Å²) >= 11 is 4.18. The molecule has 0 aromatic rings. The normalized spacial score (nSPS) is 13.9. The third-order valence-electron chi connectivity index (χ3n) is 1.42. The molecular formula is C8H19NOS. The van der Waals surface area contributed by atoms with Gasteiger partial charge in [0, 0.05) is 13.2 Å². The first-order valence-electron chi connectivity index (χ1n) is 4.07. The molecule has 2 nitrogen and oxygen atoms in total. The predicted molar refractivity (Wildman–Crippen MR) is 52.4 cm³/mol. The molecule has 0 aromatic heterocycles. The van der Waals surface area contributed by atoms with Crippen LogP contribution in [0.2, 0.25) is 0 Å². The van der Waals surface area contributed by atoms with Gasteiger partial charge in [0.25, 0.3) is 0 Å². The van der Waals surface area contributed by atoms with E-state index in [1.165, 1.54) is 0 Å².